The SMILES string of the molecule is CN(C[C@@H]1CCCN(C)[C@H]1c1ccnn1C)C(=O)Nc1nccn(C)c1=O. The van der Waals surface area contributed by atoms with E-state index in [1.165, 1.54) is 10.8 Å². The maximum absolute atomic E-state index is 12.6. The van der Waals surface area contributed by atoms with Gasteiger partial charge < -0.3 is 9.47 Å². The van der Waals surface area contributed by atoms with Crippen LogP contribution >= 0.6 is 0 Å². The van der Waals surface area contributed by atoms with E-state index < -0.39 is 0 Å². The van der Waals surface area contributed by atoms with Crippen molar-refractivity contribution in [3.8, 4) is 0 Å². The van der Waals surface area contributed by atoms with Gasteiger partial charge in [0.05, 0.1) is 11.7 Å². The van der Waals surface area contributed by atoms with E-state index in [0.29, 0.717) is 6.54 Å². The number of nitrogens with one attached hydrogen (secondary N) is 1. The fourth-order valence-corrected chi connectivity index (χ4v) is 3.81. The van der Waals surface area contributed by atoms with Crippen molar-refractivity contribution in [2.45, 2.75) is 18.9 Å². The first-order valence-corrected chi connectivity index (χ1v) is 9.10. The van der Waals surface area contributed by atoms with Crippen LogP contribution in [0.4, 0.5) is 10.6 Å². The minimum absolute atomic E-state index is 0.0424. The molecule has 1 aliphatic heterocycles. The molecule has 2 aromatic rings. The lowest BCUT2D eigenvalue weighted by atomic mass is 9.87. The molecule has 3 heterocycles. The Kier molecular flexibility index (Phi) is 5.59. The Labute approximate surface area is 158 Å². The third-order valence-electron chi connectivity index (χ3n) is 5.27. The average molecular weight is 373 g/mol. The van der Waals surface area contributed by atoms with E-state index in [0.717, 1.165) is 25.1 Å². The quantitative estimate of drug-likeness (QED) is 0.866. The van der Waals surface area contributed by atoms with Crippen molar-refractivity contribution in [2.24, 2.45) is 20.0 Å². The first-order valence-electron chi connectivity index (χ1n) is 9.10. The number of aryl methyl sites for hydroxylation is 2. The van der Waals surface area contributed by atoms with Gasteiger partial charge in [-0.2, -0.15) is 5.10 Å². The molecule has 2 atom stereocenters. The van der Waals surface area contributed by atoms with Gasteiger partial charge in [0.25, 0.3) is 5.56 Å². The van der Waals surface area contributed by atoms with Crippen molar-refractivity contribution in [1.29, 1.82) is 0 Å². The summed E-state index contributed by atoms with van der Waals surface area (Å²) in [5, 5.41) is 6.92. The standard InChI is InChI=1S/C18H27N7O2/c1-22-10-5-6-13(15(22)14-7-8-20-25(14)4)12-24(3)18(27)21-16-17(26)23(2)11-9-19-16/h7-9,11,13,15H,5-6,10,12H2,1-4H3,(H,19,21,27)/t13-,15+/m0/s1. The van der Waals surface area contributed by atoms with Crippen molar-refractivity contribution in [2.75, 3.05) is 32.5 Å². The van der Waals surface area contributed by atoms with Crippen LogP contribution in [0.15, 0.2) is 29.5 Å². The highest BCUT2D eigenvalue weighted by Crippen LogP contribution is 2.35. The summed E-state index contributed by atoms with van der Waals surface area (Å²) < 4.78 is 3.29. The minimum atomic E-state index is -0.331. The van der Waals surface area contributed by atoms with Gasteiger partial charge in [0.2, 0.25) is 5.82 Å². The molecule has 9 heteroatoms. The summed E-state index contributed by atoms with van der Waals surface area (Å²) in [6, 6.07) is 1.91. The molecule has 0 saturated carbocycles. The Morgan fingerprint density at radius 3 is 2.81 bits per heavy atom. The molecule has 2 aromatic heterocycles. The first kappa shape index (κ1) is 19.1. The molecule has 27 heavy (non-hydrogen) atoms. The number of urea groups is 1. The fourth-order valence-electron chi connectivity index (χ4n) is 3.81. The maximum atomic E-state index is 12.6. The lowest BCUT2D eigenvalue weighted by Crippen LogP contribution is -2.44. The second kappa shape index (κ2) is 7.91. The Balaban J connectivity index is 1.72. The zero-order valence-corrected chi connectivity index (χ0v) is 16.3. The van der Waals surface area contributed by atoms with Gasteiger partial charge in [-0.15, -0.1) is 0 Å². The van der Waals surface area contributed by atoms with Crippen LogP contribution in [-0.2, 0) is 14.1 Å². The second-order valence-electron chi connectivity index (χ2n) is 7.21. The summed E-state index contributed by atoms with van der Waals surface area (Å²) in [6.45, 7) is 1.60. The molecule has 0 aliphatic carbocycles. The van der Waals surface area contributed by atoms with Crippen LogP contribution in [0.3, 0.4) is 0 Å². The highest BCUT2D eigenvalue weighted by atomic mass is 16.2. The van der Waals surface area contributed by atoms with E-state index in [2.05, 4.69) is 27.3 Å². The van der Waals surface area contributed by atoms with E-state index >= 15 is 0 Å². The van der Waals surface area contributed by atoms with E-state index in [1.807, 2.05) is 24.0 Å². The predicted molar refractivity (Wildman–Crippen MR) is 102 cm³/mol. The fraction of sp³-hybridized carbons (Fsp3) is 0.556. The van der Waals surface area contributed by atoms with Crippen LogP contribution in [0.2, 0.25) is 0 Å². The summed E-state index contributed by atoms with van der Waals surface area (Å²) in [7, 11) is 7.43. The number of rotatable bonds is 4. The summed E-state index contributed by atoms with van der Waals surface area (Å²) in [6.07, 6.45) is 6.97. The van der Waals surface area contributed by atoms with Gasteiger partial charge in [-0.3, -0.25) is 19.7 Å². The zero-order chi connectivity index (χ0) is 19.6. The summed E-state index contributed by atoms with van der Waals surface area (Å²) in [4.78, 5) is 32.6. The average Bonchev–Trinajstić information content (AvgIpc) is 3.04. The smallest absolute Gasteiger partial charge is 0.322 e. The van der Waals surface area contributed by atoms with Crippen molar-refractivity contribution in [3.63, 3.8) is 0 Å². The maximum Gasteiger partial charge on any atom is 0.322 e. The number of nitrogens with zero attached hydrogens (tertiary/aromatic N) is 6. The summed E-state index contributed by atoms with van der Waals surface area (Å²) >= 11 is 0. The molecule has 0 aromatic carbocycles. The molecule has 0 spiro atoms. The molecule has 0 bridgehead atoms. The number of anilines is 1. The van der Waals surface area contributed by atoms with Crippen LogP contribution in [0.25, 0.3) is 0 Å². The number of carbonyl (C=O) groups excluding carboxylic acids is 1. The third kappa shape index (κ3) is 4.02. The van der Waals surface area contributed by atoms with Gasteiger partial charge in [0.15, 0.2) is 0 Å². The number of piperidine rings is 1. The topological polar surface area (TPSA) is 88.3 Å². The molecule has 3 rings (SSSR count). The van der Waals surface area contributed by atoms with Crippen molar-refractivity contribution < 1.29 is 4.79 Å². The molecule has 1 saturated heterocycles. The molecule has 1 fully saturated rings. The van der Waals surface area contributed by atoms with Crippen LogP contribution in [0.5, 0.6) is 0 Å². The van der Waals surface area contributed by atoms with Gasteiger partial charge in [-0.05, 0) is 38.4 Å². The number of carbonyl (C=O) groups is 1. The van der Waals surface area contributed by atoms with E-state index in [4.69, 9.17) is 0 Å². The Morgan fingerprint density at radius 1 is 1.33 bits per heavy atom. The van der Waals surface area contributed by atoms with Crippen molar-refractivity contribution >= 4 is 11.8 Å². The highest BCUT2D eigenvalue weighted by Gasteiger charge is 2.33. The molecule has 1 N–H and O–H groups in total. The highest BCUT2D eigenvalue weighted by molar-refractivity contribution is 5.87. The largest absolute Gasteiger partial charge is 0.327 e. The van der Waals surface area contributed by atoms with E-state index in [9.17, 15) is 9.59 Å². The van der Waals surface area contributed by atoms with Crippen LogP contribution < -0.4 is 10.9 Å². The van der Waals surface area contributed by atoms with Gasteiger partial charge in [-0.25, -0.2) is 9.78 Å². The number of amides is 2. The molecule has 1 aliphatic rings. The number of aromatic nitrogens is 4. The van der Waals surface area contributed by atoms with Crippen LogP contribution in [0.1, 0.15) is 24.6 Å². The van der Waals surface area contributed by atoms with Crippen molar-refractivity contribution in [3.05, 3.63) is 40.7 Å². The number of likely N-dealkylation sites (tertiary alicyclic amines) is 1. The van der Waals surface area contributed by atoms with Gasteiger partial charge in [0, 0.05) is 46.3 Å². The molecule has 2 amide bonds. The molecule has 9 nitrogen and oxygen atoms in total. The minimum Gasteiger partial charge on any atom is -0.327 e. The Morgan fingerprint density at radius 2 is 2.11 bits per heavy atom. The predicted octanol–water partition coefficient (Wildman–Crippen LogP) is 1.06. The molecular weight excluding hydrogens is 346 g/mol. The third-order valence-corrected chi connectivity index (χ3v) is 5.27. The Bertz CT molecular complexity index is 859. The lowest BCUT2D eigenvalue weighted by molar-refractivity contribution is 0.0959. The first-order chi connectivity index (χ1) is 12.9. The van der Waals surface area contributed by atoms with E-state index in [-0.39, 0.29) is 29.4 Å². The molecule has 0 radical (unpaired) electrons. The van der Waals surface area contributed by atoms with Gasteiger partial charge in [-0.1, -0.05) is 0 Å². The summed E-state index contributed by atoms with van der Waals surface area (Å²) in [5.41, 5.74) is 0.819. The monoisotopic (exact) mass is 373 g/mol. The lowest BCUT2D eigenvalue weighted by Gasteiger charge is -2.40. The normalized spacial score (nSPS) is 20.4. The van der Waals surface area contributed by atoms with Crippen LogP contribution in [-0.4, -0.2) is 62.3 Å². The van der Waals surface area contributed by atoms with Gasteiger partial charge >= 0.3 is 6.03 Å². The van der Waals surface area contributed by atoms with Crippen LogP contribution in [0, 0.1) is 5.92 Å². The molecule has 146 valence electrons. The molecule has 0 unspecified atom stereocenters. The second-order valence-corrected chi connectivity index (χ2v) is 7.21. The summed E-state index contributed by atoms with van der Waals surface area (Å²) in [5.74, 6) is 0.322. The van der Waals surface area contributed by atoms with E-state index in [1.54, 1.807) is 25.2 Å². The molecular formula is C18H27N7O2. The number of hydrogen-bond donors (Lipinski definition) is 1. The number of hydrogen-bond acceptors (Lipinski definition) is 5. The van der Waals surface area contributed by atoms with Crippen molar-refractivity contribution in [1.82, 2.24) is 29.1 Å². The Hall–Kier alpha value is -2.68. The zero-order valence-electron chi connectivity index (χ0n) is 16.3. The van der Waals surface area contributed by atoms with Gasteiger partial charge in [0.1, 0.15) is 0 Å².